The minimum Gasteiger partial charge on any atom is -0.333 e. The van der Waals surface area contributed by atoms with Crippen LogP contribution in [0.3, 0.4) is 0 Å². The van der Waals surface area contributed by atoms with Crippen molar-refractivity contribution in [3.8, 4) is 0 Å². The van der Waals surface area contributed by atoms with Crippen LogP contribution in [0.2, 0.25) is 0 Å². The van der Waals surface area contributed by atoms with Crippen LogP contribution in [-0.4, -0.2) is 51.6 Å². The summed E-state index contributed by atoms with van der Waals surface area (Å²) in [5, 5.41) is 6.05. The van der Waals surface area contributed by atoms with Gasteiger partial charge in [0.1, 0.15) is 11.4 Å². The second-order valence-electron chi connectivity index (χ2n) is 5.42. The predicted molar refractivity (Wildman–Crippen MR) is 72.0 cm³/mol. The summed E-state index contributed by atoms with van der Waals surface area (Å²) < 4.78 is 1.94. The largest absolute Gasteiger partial charge is 0.333 e. The Hall–Kier alpha value is -1.89. The van der Waals surface area contributed by atoms with Crippen molar-refractivity contribution < 1.29 is 9.59 Å². The van der Waals surface area contributed by atoms with Crippen LogP contribution in [0.25, 0.3) is 0 Å². The molecular formula is C13H19N5O2. The zero-order chi connectivity index (χ0) is 14.2. The number of urea groups is 1. The van der Waals surface area contributed by atoms with Crippen molar-refractivity contribution in [2.24, 2.45) is 0 Å². The molecule has 1 aromatic heterocycles. The van der Waals surface area contributed by atoms with Gasteiger partial charge in [-0.1, -0.05) is 0 Å². The second-order valence-corrected chi connectivity index (χ2v) is 5.42. The lowest BCUT2D eigenvalue weighted by molar-refractivity contribution is -0.132. The molecule has 2 aliphatic heterocycles. The molecule has 0 aliphatic carbocycles. The summed E-state index contributed by atoms with van der Waals surface area (Å²) in [6, 6.07) is -0.281. The number of aromatic nitrogens is 2. The molecule has 1 spiro atoms. The summed E-state index contributed by atoms with van der Waals surface area (Å²) in [5.74, 6) is 0.776. The summed E-state index contributed by atoms with van der Waals surface area (Å²) in [6.45, 7) is 4.29. The molecule has 7 nitrogen and oxygen atoms in total. The molecule has 20 heavy (non-hydrogen) atoms. The summed E-state index contributed by atoms with van der Waals surface area (Å²) >= 11 is 0. The highest BCUT2D eigenvalue weighted by atomic mass is 16.2. The fourth-order valence-electron chi connectivity index (χ4n) is 2.92. The van der Waals surface area contributed by atoms with Crippen LogP contribution in [0.1, 0.15) is 18.7 Å². The van der Waals surface area contributed by atoms with Gasteiger partial charge in [0.15, 0.2) is 0 Å². The van der Waals surface area contributed by atoms with Crippen LogP contribution in [-0.2, 0) is 11.3 Å². The lowest BCUT2D eigenvalue weighted by atomic mass is 9.90. The van der Waals surface area contributed by atoms with Crippen LogP contribution >= 0.6 is 0 Å². The van der Waals surface area contributed by atoms with Crippen molar-refractivity contribution in [3.05, 3.63) is 18.2 Å². The van der Waals surface area contributed by atoms with Crippen molar-refractivity contribution >= 4 is 11.9 Å². The van der Waals surface area contributed by atoms with Crippen molar-refractivity contribution in [1.29, 1.82) is 0 Å². The number of amides is 3. The van der Waals surface area contributed by atoms with Gasteiger partial charge >= 0.3 is 6.03 Å². The molecule has 2 fully saturated rings. The molecule has 3 amide bonds. The first-order chi connectivity index (χ1) is 9.62. The van der Waals surface area contributed by atoms with Crippen LogP contribution in [0.5, 0.6) is 0 Å². The number of hydrogen-bond acceptors (Lipinski definition) is 4. The maximum atomic E-state index is 12.5. The Balaban J connectivity index is 1.69. The van der Waals surface area contributed by atoms with Gasteiger partial charge in [-0.25, -0.2) is 9.78 Å². The lowest BCUT2D eigenvalue weighted by Crippen LogP contribution is -2.57. The maximum Gasteiger partial charge on any atom is 0.325 e. The first kappa shape index (κ1) is 13.1. The third-order valence-electron chi connectivity index (χ3n) is 4.12. The average Bonchev–Trinajstić information content (AvgIpc) is 2.93. The minimum absolute atomic E-state index is 0.104. The number of rotatable bonds is 3. The van der Waals surface area contributed by atoms with E-state index in [0.717, 1.165) is 18.8 Å². The Labute approximate surface area is 117 Å². The van der Waals surface area contributed by atoms with Crippen LogP contribution in [0, 0.1) is 6.92 Å². The van der Waals surface area contributed by atoms with E-state index in [2.05, 4.69) is 15.6 Å². The van der Waals surface area contributed by atoms with Gasteiger partial charge < -0.3 is 15.2 Å². The average molecular weight is 277 g/mol. The Morgan fingerprint density at radius 3 is 2.90 bits per heavy atom. The highest BCUT2D eigenvalue weighted by Gasteiger charge is 2.51. The van der Waals surface area contributed by atoms with E-state index in [1.165, 1.54) is 4.90 Å². The van der Waals surface area contributed by atoms with E-state index in [0.29, 0.717) is 26.1 Å². The van der Waals surface area contributed by atoms with Gasteiger partial charge in [0.25, 0.3) is 5.91 Å². The summed E-state index contributed by atoms with van der Waals surface area (Å²) in [5.41, 5.74) is -0.723. The van der Waals surface area contributed by atoms with Gasteiger partial charge in [0.05, 0.1) is 0 Å². The molecule has 7 heteroatoms. The zero-order valence-electron chi connectivity index (χ0n) is 11.6. The third kappa shape index (κ3) is 2.07. The Kier molecular flexibility index (Phi) is 3.21. The topological polar surface area (TPSA) is 79.3 Å². The Morgan fingerprint density at radius 1 is 1.40 bits per heavy atom. The highest BCUT2D eigenvalue weighted by molar-refractivity contribution is 6.07. The van der Waals surface area contributed by atoms with Crippen molar-refractivity contribution in [2.75, 3.05) is 19.6 Å². The quantitative estimate of drug-likeness (QED) is 0.754. The number of piperidine rings is 1. The molecule has 108 valence electrons. The fraction of sp³-hybridized carbons (Fsp3) is 0.615. The minimum atomic E-state index is -0.723. The van der Waals surface area contributed by atoms with Gasteiger partial charge in [-0.3, -0.25) is 9.69 Å². The number of nitrogens with one attached hydrogen (secondary N) is 2. The van der Waals surface area contributed by atoms with Gasteiger partial charge in [0, 0.05) is 32.0 Å². The smallest absolute Gasteiger partial charge is 0.325 e. The number of aryl methyl sites for hydroxylation is 1. The predicted octanol–water partition coefficient (Wildman–Crippen LogP) is -0.134. The molecule has 0 saturated carbocycles. The second kappa shape index (κ2) is 4.90. The molecule has 2 saturated heterocycles. The molecule has 0 bridgehead atoms. The van der Waals surface area contributed by atoms with E-state index < -0.39 is 5.54 Å². The Bertz CT molecular complexity index is 533. The van der Waals surface area contributed by atoms with E-state index in [9.17, 15) is 9.59 Å². The molecule has 1 aromatic rings. The number of nitrogens with zero attached hydrogens (tertiary/aromatic N) is 3. The van der Waals surface area contributed by atoms with Gasteiger partial charge in [0.2, 0.25) is 0 Å². The monoisotopic (exact) mass is 277 g/mol. The van der Waals surface area contributed by atoms with Crippen molar-refractivity contribution in [2.45, 2.75) is 31.8 Å². The number of imide groups is 1. The molecule has 1 unspecified atom stereocenters. The van der Waals surface area contributed by atoms with E-state index in [4.69, 9.17) is 0 Å². The first-order valence-electron chi connectivity index (χ1n) is 6.95. The van der Waals surface area contributed by atoms with E-state index in [-0.39, 0.29) is 11.9 Å². The standard InChI is InChI=1S/C13H19N5O2/c1-10-15-5-6-17(10)7-8-18-11(19)13(16-12(18)20)3-2-4-14-9-13/h5-6,14H,2-4,7-9H2,1H3,(H,16,20). The highest BCUT2D eigenvalue weighted by Crippen LogP contribution is 2.24. The molecule has 1 atom stereocenters. The molecule has 2 aliphatic rings. The van der Waals surface area contributed by atoms with Crippen molar-refractivity contribution in [3.63, 3.8) is 0 Å². The third-order valence-corrected chi connectivity index (χ3v) is 4.12. The number of hydrogen-bond donors (Lipinski definition) is 2. The molecule has 3 rings (SSSR count). The Morgan fingerprint density at radius 2 is 2.25 bits per heavy atom. The molecule has 0 radical (unpaired) electrons. The van der Waals surface area contributed by atoms with E-state index >= 15 is 0 Å². The van der Waals surface area contributed by atoms with Gasteiger partial charge in [-0.15, -0.1) is 0 Å². The number of carbonyl (C=O) groups excluding carboxylic acids is 2. The first-order valence-corrected chi connectivity index (χ1v) is 6.95. The van der Waals surface area contributed by atoms with Crippen LogP contribution < -0.4 is 10.6 Å². The molecule has 2 N–H and O–H groups in total. The van der Waals surface area contributed by atoms with Crippen molar-refractivity contribution in [1.82, 2.24) is 25.1 Å². The summed E-state index contributed by atoms with van der Waals surface area (Å²) in [4.78, 5) is 30.0. The molecule has 0 aromatic carbocycles. The molecular weight excluding hydrogens is 258 g/mol. The maximum absolute atomic E-state index is 12.5. The summed E-state index contributed by atoms with van der Waals surface area (Å²) in [7, 11) is 0. The van der Waals surface area contributed by atoms with Gasteiger partial charge in [-0.05, 0) is 26.3 Å². The number of imidazole rings is 1. The normalized spacial score (nSPS) is 26.4. The fourth-order valence-corrected chi connectivity index (χ4v) is 2.92. The SMILES string of the molecule is Cc1nccn1CCN1C(=O)NC2(CCCNC2)C1=O. The van der Waals surface area contributed by atoms with Crippen LogP contribution in [0.4, 0.5) is 4.79 Å². The summed E-state index contributed by atoms with van der Waals surface area (Å²) in [6.07, 6.45) is 5.19. The molecule has 3 heterocycles. The van der Waals surface area contributed by atoms with E-state index in [1.54, 1.807) is 6.20 Å². The lowest BCUT2D eigenvalue weighted by Gasteiger charge is -2.31. The zero-order valence-corrected chi connectivity index (χ0v) is 11.6. The van der Waals surface area contributed by atoms with Gasteiger partial charge in [-0.2, -0.15) is 0 Å². The van der Waals surface area contributed by atoms with E-state index in [1.807, 2.05) is 17.7 Å². The number of carbonyl (C=O) groups is 2. The van der Waals surface area contributed by atoms with Crippen LogP contribution in [0.15, 0.2) is 12.4 Å².